The van der Waals surface area contributed by atoms with Crippen molar-refractivity contribution in [3.8, 4) is 0 Å². The Hall–Kier alpha value is -4.32. The van der Waals surface area contributed by atoms with E-state index in [2.05, 4.69) is 31.9 Å². The maximum absolute atomic E-state index is 11.6. The molecule has 0 fully saturated rings. The number of amides is 7. The minimum Gasteiger partial charge on any atom is -0.480 e. The minimum atomic E-state index is -1.26. The van der Waals surface area contributed by atoms with Crippen LogP contribution < -0.4 is 43.0 Å². The fourth-order valence-corrected chi connectivity index (χ4v) is 1.82. The van der Waals surface area contributed by atoms with Crippen molar-refractivity contribution in [1.29, 1.82) is 0 Å². The molecule has 0 rings (SSSR count). The molecule has 0 aromatic rings. The van der Waals surface area contributed by atoms with E-state index in [1.165, 1.54) is 0 Å². The molecular formula is C17H28N8O10. The van der Waals surface area contributed by atoms with Gasteiger partial charge in [0.1, 0.15) is 12.6 Å². The first-order valence-corrected chi connectivity index (χ1v) is 9.90. The van der Waals surface area contributed by atoms with Crippen LogP contribution in [-0.2, 0) is 38.4 Å². The monoisotopic (exact) mass is 504 g/mol. The molecule has 0 aliphatic heterocycles. The lowest BCUT2D eigenvalue weighted by Crippen LogP contribution is -2.48. The van der Waals surface area contributed by atoms with Crippen molar-refractivity contribution in [2.75, 3.05) is 52.4 Å². The van der Waals surface area contributed by atoms with Gasteiger partial charge in [0.25, 0.3) is 0 Å². The molecule has 1 atom stereocenters. The van der Waals surface area contributed by atoms with Gasteiger partial charge in [0.05, 0.1) is 45.9 Å². The standard InChI is InChI=1S/C17H28N8O10/c18-9(8-26)17(35)25-6-15(32)23-4-13(30)21-2-11(28)19-1-10(27)20-3-12(29)22-5-14(31)24-7-16(33)34/h9,26H,1-8,18H2,(H,19,28)(H,20,27)(H,21,30)(H,22,29)(H,23,32)(H,24,31)(H,25,35)(H,33,34)/t9-/m0/s1. The quantitative estimate of drug-likeness (QED) is 0.0941. The van der Waals surface area contributed by atoms with Crippen LogP contribution in [0.3, 0.4) is 0 Å². The van der Waals surface area contributed by atoms with Crippen LogP contribution >= 0.6 is 0 Å². The molecule has 0 radical (unpaired) electrons. The van der Waals surface area contributed by atoms with E-state index in [1.54, 1.807) is 0 Å². The molecule has 0 heterocycles. The first-order chi connectivity index (χ1) is 16.4. The van der Waals surface area contributed by atoms with Crippen molar-refractivity contribution in [2.24, 2.45) is 5.73 Å². The van der Waals surface area contributed by atoms with Crippen molar-refractivity contribution in [1.82, 2.24) is 37.2 Å². The molecule has 11 N–H and O–H groups in total. The van der Waals surface area contributed by atoms with Crippen molar-refractivity contribution in [2.45, 2.75) is 6.04 Å². The highest BCUT2D eigenvalue weighted by Crippen LogP contribution is 1.77. The highest BCUT2D eigenvalue weighted by atomic mass is 16.4. The molecule has 7 amide bonds. The summed E-state index contributed by atoms with van der Waals surface area (Å²) in [6, 6.07) is -1.19. The van der Waals surface area contributed by atoms with Crippen LogP contribution in [0.25, 0.3) is 0 Å². The molecule has 35 heavy (non-hydrogen) atoms. The van der Waals surface area contributed by atoms with Gasteiger partial charge >= 0.3 is 5.97 Å². The Bertz CT molecular complexity index is 819. The van der Waals surface area contributed by atoms with Crippen molar-refractivity contribution >= 4 is 47.3 Å². The van der Waals surface area contributed by atoms with Gasteiger partial charge in [0, 0.05) is 0 Å². The lowest BCUT2D eigenvalue weighted by molar-refractivity contribution is -0.137. The number of hydrogen-bond donors (Lipinski definition) is 10. The van der Waals surface area contributed by atoms with E-state index >= 15 is 0 Å². The van der Waals surface area contributed by atoms with Gasteiger partial charge in [-0.25, -0.2) is 0 Å². The summed E-state index contributed by atoms with van der Waals surface area (Å²) in [6.07, 6.45) is 0. The van der Waals surface area contributed by atoms with Gasteiger partial charge in [-0.05, 0) is 0 Å². The van der Waals surface area contributed by atoms with Gasteiger partial charge in [-0.15, -0.1) is 0 Å². The fourth-order valence-electron chi connectivity index (χ4n) is 1.82. The van der Waals surface area contributed by atoms with E-state index in [0.717, 1.165) is 0 Å². The van der Waals surface area contributed by atoms with E-state index < -0.39 is 106 Å². The minimum absolute atomic E-state index is 0.481. The fraction of sp³-hybridized carbons (Fsp3) is 0.529. The number of aliphatic hydroxyl groups excluding tert-OH is 1. The van der Waals surface area contributed by atoms with Gasteiger partial charge in [0.2, 0.25) is 41.4 Å². The number of carboxylic acid groups (broad SMARTS) is 1. The topological polar surface area (TPSA) is 287 Å². The van der Waals surface area contributed by atoms with Crippen molar-refractivity contribution in [3.05, 3.63) is 0 Å². The van der Waals surface area contributed by atoms with E-state index in [0.29, 0.717) is 0 Å². The van der Waals surface area contributed by atoms with Crippen LogP contribution in [0.2, 0.25) is 0 Å². The maximum Gasteiger partial charge on any atom is 0.322 e. The summed E-state index contributed by atoms with van der Waals surface area (Å²) in [6.45, 7) is -4.24. The molecule has 0 spiro atoms. The SMILES string of the molecule is N[C@@H](CO)C(=O)NCC(=O)NCC(=O)NCC(=O)NCC(=O)NCC(=O)NCC(=O)NCC(=O)O. The zero-order chi connectivity index (χ0) is 26.8. The van der Waals surface area contributed by atoms with Gasteiger partial charge in [-0.2, -0.15) is 0 Å². The van der Waals surface area contributed by atoms with Crippen LogP contribution in [0.5, 0.6) is 0 Å². The van der Waals surface area contributed by atoms with Crippen LogP contribution in [0, 0.1) is 0 Å². The van der Waals surface area contributed by atoms with Gasteiger partial charge < -0.3 is 53.2 Å². The Kier molecular flexibility index (Phi) is 15.1. The van der Waals surface area contributed by atoms with Gasteiger partial charge in [-0.1, -0.05) is 0 Å². The second kappa shape index (κ2) is 17.2. The Morgan fingerprint density at radius 3 is 1.03 bits per heavy atom. The molecule has 0 aromatic carbocycles. The largest absolute Gasteiger partial charge is 0.480 e. The lowest BCUT2D eigenvalue weighted by Gasteiger charge is -2.10. The Morgan fingerprint density at radius 2 is 0.771 bits per heavy atom. The third kappa shape index (κ3) is 16.9. The molecule has 0 bridgehead atoms. The summed E-state index contributed by atoms with van der Waals surface area (Å²) in [5, 5.41) is 32.1. The summed E-state index contributed by atoms with van der Waals surface area (Å²) < 4.78 is 0. The van der Waals surface area contributed by atoms with Crippen LogP contribution in [0.1, 0.15) is 0 Å². The molecule has 196 valence electrons. The predicted octanol–water partition coefficient (Wildman–Crippen LogP) is -7.80. The number of rotatable bonds is 16. The Balaban J connectivity index is 3.94. The highest BCUT2D eigenvalue weighted by Gasteiger charge is 2.14. The number of carboxylic acids is 1. The molecule has 0 aliphatic carbocycles. The molecule has 18 nitrogen and oxygen atoms in total. The highest BCUT2D eigenvalue weighted by molar-refractivity contribution is 5.92. The summed E-state index contributed by atoms with van der Waals surface area (Å²) in [7, 11) is 0. The van der Waals surface area contributed by atoms with E-state index in [1.807, 2.05) is 5.32 Å². The Labute approximate surface area is 198 Å². The number of aliphatic carboxylic acids is 1. The van der Waals surface area contributed by atoms with Crippen LogP contribution in [0.15, 0.2) is 0 Å². The predicted molar refractivity (Wildman–Crippen MR) is 114 cm³/mol. The number of aliphatic hydroxyl groups is 1. The molecule has 0 saturated carbocycles. The van der Waals surface area contributed by atoms with Gasteiger partial charge in [-0.3, -0.25) is 38.4 Å². The van der Waals surface area contributed by atoms with E-state index in [-0.39, 0.29) is 0 Å². The summed E-state index contributed by atoms with van der Waals surface area (Å²) in [5.74, 6) is -6.43. The third-order valence-electron chi connectivity index (χ3n) is 3.62. The molecule has 18 heteroatoms. The zero-order valence-electron chi connectivity index (χ0n) is 18.5. The second-order valence-corrected chi connectivity index (χ2v) is 6.56. The molecule has 0 unspecified atom stereocenters. The molecule has 0 aliphatic rings. The Morgan fingerprint density at radius 1 is 0.514 bits per heavy atom. The summed E-state index contributed by atoms with van der Waals surface area (Å²) in [5.41, 5.74) is 5.24. The summed E-state index contributed by atoms with van der Waals surface area (Å²) in [4.78, 5) is 90.7. The lowest BCUT2D eigenvalue weighted by atomic mass is 10.3. The number of hydrogen-bond acceptors (Lipinski definition) is 10. The number of nitrogens with one attached hydrogen (secondary N) is 7. The number of carbonyl (C=O) groups is 8. The smallest absolute Gasteiger partial charge is 0.322 e. The average molecular weight is 504 g/mol. The van der Waals surface area contributed by atoms with Gasteiger partial charge in [0.15, 0.2) is 0 Å². The molecule has 0 saturated heterocycles. The average Bonchev–Trinajstić information content (AvgIpc) is 2.83. The van der Waals surface area contributed by atoms with Crippen LogP contribution in [-0.4, -0.2) is 116 Å². The van der Waals surface area contributed by atoms with Crippen molar-refractivity contribution < 1.29 is 48.6 Å². The van der Waals surface area contributed by atoms with Crippen LogP contribution in [0.4, 0.5) is 0 Å². The number of carbonyl (C=O) groups excluding carboxylic acids is 7. The first-order valence-electron chi connectivity index (χ1n) is 9.90. The van der Waals surface area contributed by atoms with E-state index in [4.69, 9.17) is 15.9 Å². The first kappa shape index (κ1) is 30.7. The molecule has 0 aromatic heterocycles. The molecular weight excluding hydrogens is 476 g/mol. The third-order valence-corrected chi connectivity index (χ3v) is 3.62. The normalized spacial score (nSPS) is 10.7. The summed E-state index contributed by atoms with van der Waals surface area (Å²) >= 11 is 0. The number of nitrogens with two attached hydrogens (primary N) is 1. The maximum atomic E-state index is 11.6. The van der Waals surface area contributed by atoms with E-state index in [9.17, 15) is 38.4 Å². The van der Waals surface area contributed by atoms with Crippen molar-refractivity contribution in [3.63, 3.8) is 0 Å². The second-order valence-electron chi connectivity index (χ2n) is 6.56. The zero-order valence-corrected chi connectivity index (χ0v) is 18.5.